The van der Waals surface area contributed by atoms with Gasteiger partial charge >= 0.3 is 5.97 Å². The molecule has 1 atom stereocenters. The van der Waals surface area contributed by atoms with Crippen LogP contribution in [0.3, 0.4) is 0 Å². The van der Waals surface area contributed by atoms with Crippen LogP contribution in [0, 0.1) is 0 Å². The van der Waals surface area contributed by atoms with E-state index in [1.807, 2.05) is 12.1 Å². The zero-order valence-electron chi connectivity index (χ0n) is 11.6. The van der Waals surface area contributed by atoms with Gasteiger partial charge < -0.3 is 5.11 Å². The summed E-state index contributed by atoms with van der Waals surface area (Å²) in [5.41, 5.74) is 3.08. The number of carboxylic acids is 1. The van der Waals surface area contributed by atoms with Crippen LogP contribution in [0.15, 0.2) is 21.1 Å². The molecule has 1 unspecified atom stereocenters. The number of benzene rings is 1. The first kappa shape index (κ1) is 15.0. The van der Waals surface area contributed by atoms with Crippen molar-refractivity contribution in [2.75, 3.05) is 0 Å². The topological polar surface area (TPSA) is 50.2 Å². The third-order valence-electron chi connectivity index (χ3n) is 4.21. The second kappa shape index (κ2) is 5.69. The van der Waals surface area contributed by atoms with Crippen molar-refractivity contribution in [3.05, 3.63) is 37.9 Å². The average molecular weight is 413 g/mol. The van der Waals surface area contributed by atoms with Crippen LogP contribution in [0.1, 0.15) is 53.7 Å². The van der Waals surface area contributed by atoms with Gasteiger partial charge in [0.05, 0.1) is 11.1 Å². The van der Waals surface area contributed by atoms with Crippen molar-refractivity contribution in [2.45, 2.75) is 38.5 Å². The molecule has 0 fully saturated rings. The fraction of sp³-hybridized carbons (Fsp3) is 0.375. The molecule has 3 rings (SSSR count). The molecule has 5 heteroatoms. The number of pyridine rings is 1. The van der Waals surface area contributed by atoms with E-state index in [1.165, 1.54) is 0 Å². The number of carbonyl (C=O) groups is 1. The Morgan fingerprint density at radius 2 is 2.19 bits per heavy atom. The molecule has 1 aromatic heterocycles. The summed E-state index contributed by atoms with van der Waals surface area (Å²) in [5.74, 6) is -0.493. The number of rotatable bonds is 2. The minimum absolute atomic E-state index is 0.367. The van der Waals surface area contributed by atoms with Gasteiger partial charge in [0.2, 0.25) is 0 Å². The van der Waals surface area contributed by atoms with Crippen molar-refractivity contribution < 1.29 is 9.90 Å². The second-order valence-electron chi connectivity index (χ2n) is 5.44. The van der Waals surface area contributed by atoms with E-state index in [0.29, 0.717) is 16.9 Å². The Morgan fingerprint density at radius 3 is 2.86 bits per heavy atom. The Morgan fingerprint density at radius 1 is 1.43 bits per heavy atom. The van der Waals surface area contributed by atoms with E-state index in [1.54, 1.807) is 0 Å². The van der Waals surface area contributed by atoms with Gasteiger partial charge in [0.15, 0.2) is 0 Å². The van der Waals surface area contributed by atoms with Crippen molar-refractivity contribution in [1.82, 2.24) is 4.98 Å². The Balaban J connectivity index is 2.43. The molecule has 1 aromatic carbocycles. The molecule has 0 aliphatic heterocycles. The average Bonchev–Trinajstić information content (AvgIpc) is 2.44. The van der Waals surface area contributed by atoms with Gasteiger partial charge in [-0.05, 0) is 59.3 Å². The third-order valence-corrected chi connectivity index (χ3v) is 5.28. The standard InChI is InChI=1S/C16H15Br2NO2/c1-2-8-4-3-5-10-13(16(20)21)11-6-9(17)7-12(18)15(11)19-14(8)10/h6-8H,2-5H2,1H3,(H,20,21). The van der Waals surface area contributed by atoms with Gasteiger partial charge in [0, 0.05) is 25.9 Å². The summed E-state index contributed by atoms with van der Waals surface area (Å²) in [6, 6.07) is 3.77. The lowest BCUT2D eigenvalue weighted by molar-refractivity contribution is 0.0697. The lowest BCUT2D eigenvalue weighted by Crippen LogP contribution is -2.17. The van der Waals surface area contributed by atoms with Crippen LogP contribution in [0.2, 0.25) is 0 Å². The van der Waals surface area contributed by atoms with Gasteiger partial charge in [-0.15, -0.1) is 0 Å². The number of aromatic carboxylic acids is 1. The van der Waals surface area contributed by atoms with Crippen molar-refractivity contribution in [1.29, 1.82) is 0 Å². The van der Waals surface area contributed by atoms with Crippen molar-refractivity contribution in [3.8, 4) is 0 Å². The van der Waals surface area contributed by atoms with E-state index in [4.69, 9.17) is 4.98 Å². The van der Waals surface area contributed by atoms with Gasteiger partial charge in [-0.25, -0.2) is 4.79 Å². The van der Waals surface area contributed by atoms with Crippen LogP contribution in [0.5, 0.6) is 0 Å². The molecule has 1 aliphatic rings. The highest BCUT2D eigenvalue weighted by molar-refractivity contribution is 9.11. The van der Waals surface area contributed by atoms with E-state index >= 15 is 0 Å². The fourth-order valence-corrected chi connectivity index (χ4v) is 4.56. The molecule has 21 heavy (non-hydrogen) atoms. The Hall–Kier alpha value is -0.940. The molecule has 2 aromatic rings. The number of fused-ring (bicyclic) bond motifs is 2. The largest absolute Gasteiger partial charge is 0.478 e. The van der Waals surface area contributed by atoms with Crippen LogP contribution >= 0.6 is 31.9 Å². The van der Waals surface area contributed by atoms with E-state index in [2.05, 4.69) is 38.8 Å². The summed E-state index contributed by atoms with van der Waals surface area (Å²) < 4.78 is 1.69. The zero-order valence-corrected chi connectivity index (χ0v) is 14.8. The maximum atomic E-state index is 11.8. The summed E-state index contributed by atoms with van der Waals surface area (Å²) >= 11 is 6.95. The summed E-state index contributed by atoms with van der Waals surface area (Å²) in [7, 11) is 0. The normalized spacial score (nSPS) is 17.8. The highest BCUT2D eigenvalue weighted by Gasteiger charge is 2.28. The molecule has 1 N–H and O–H groups in total. The SMILES string of the molecule is CCC1CCCc2c1nc1c(Br)cc(Br)cc1c2C(=O)O. The molecule has 1 aliphatic carbocycles. The quantitative estimate of drug-likeness (QED) is 0.729. The van der Waals surface area contributed by atoms with E-state index in [-0.39, 0.29) is 0 Å². The minimum atomic E-state index is -0.861. The number of hydrogen-bond donors (Lipinski definition) is 1. The van der Waals surface area contributed by atoms with Crippen molar-refractivity contribution >= 4 is 48.7 Å². The smallest absolute Gasteiger partial charge is 0.336 e. The van der Waals surface area contributed by atoms with Crippen molar-refractivity contribution in [2.24, 2.45) is 0 Å². The molecule has 0 amide bonds. The number of aromatic nitrogens is 1. The van der Waals surface area contributed by atoms with Gasteiger partial charge in [-0.3, -0.25) is 4.98 Å². The maximum Gasteiger partial charge on any atom is 0.336 e. The van der Waals surface area contributed by atoms with Crippen LogP contribution in [-0.2, 0) is 6.42 Å². The predicted molar refractivity (Wildman–Crippen MR) is 90.1 cm³/mol. The highest BCUT2D eigenvalue weighted by Crippen LogP contribution is 2.39. The lowest BCUT2D eigenvalue weighted by atomic mass is 9.82. The fourth-order valence-electron chi connectivity index (χ4n) is 3.24. The van der Waals surface area contributed by atoms with Gasteiger partial charge in [-0.1, -0.05) is 22.9 Å². The third kappa shape index (κ3) is 2.50. The number of carboxylic acid groups (broad SMARTS) is 1. The lowest BCUT2D eigenvalue weighted by Gasteiger charge is -2.26. The minimum Gasteiger partial charge on any atom is -0.478 e. The molecular weight excluding hydrogens is 398 g/mol. The first-order valence-corrected chi connectivity index (χ1v) is 8.66. The summed E-state index contributed by atoms with van der Waals surface area (Å²) in [6.45, 7) is 2.14. The summed E-state index contributed by atoms with van der Waals surface area (Å²) in [6.07, 6.45) is 3.93. The molecule has 1 heterocycles. The van der Waals surface area contributed by atoms with E-state index < -0.39 is 5.97 Å². The summed E-state index contributed by atoms with van der Waals surface area (Å²) in [5, 5.41) is 10.4. The number of nitrogens with zero attached hydrogens (tertiary/aromatic N) is 1. The zero-order chi connectivity index (χ0) is 15.1. The Kier molecular flexibility index (Phi) is 4.06. The Labute approximate surface area is 140 Å². The molecule has 0 radical (unpaired) electrons. The van der Waals surface area contributed by atoms with E-state index in [9.17, 15) is 9.90 Å². The van der Waals surface area contributed by atoms with E-state index in [0.717, 1.165) is 51.4 Å². The monoisotopic (exact) mass is 411 g/mol. The van der Waals surface area contributed by atoms with Gasteiger partial charge in [0.1, 0.15) is 0 Å². The molecule has 0 spiro atoms. The first-order chi connectivity index (χ1) is 10.0. The number of hydrogen-bond acceptors (Lipinski definition) is 2. The maximum absolute atomic E-state index is 11.8. The van der Waals surface area contributed by atoms with Crippen LogP contribution < -0.4 is 0 Å². The van der Waals surface area contributed by atoms with Crippen LogP contribution in [-0.4, -0.2) is 16.1 Å². The molecule has 110 valence electrons. The molecule has 3 nitrogen and oxygen atoms in total. The second-order valence-corrected chi connectivity index (χ2v) is 7.21. The van der Waals surface area contributed by atoms with Crippen molar-refractivity contribution in [3.63, 3.8) is 0 Å². The highest BCUT2D eigenvalue weighted by atomic mass is 79.9. The predicted octanol–water partition coefficient (Wildman–Crippen LogP) is 5.29. The number of halogens is 2. The molecule has 0 saturated carbocycles. The van der Waals surface area contributed by atoms with Crippen LogP contribution in [0.25, 0.3) is 10.9 Å². The molecule has 0 bridgehead atoms. The van der Waals surface area contributed by atoms with Gasteiger partial charge in [0.25, 0.3) is 0 Å². The van der Waals surface area contributed by atoms with Gasteiger partial charge in [-0.2, -0.15) is 0 Å². The molecule has 0 saturated heterocycles. The first-order valence-electron chi connectivity index (χ1n) is 7.07. The Bertz CT molecular complexity index is 743. The molecular formula is C16H15Br2NO2. The van der Waals surface area contributed by atoms with Crippen LogP contribution in [0.4, 0.5) is 0 Å². The summed E-state index contributed by atoms with van der Waals surface area (Å²) in [4.78, 5) is 16.7.